The third-order valence-corrected chi connectivity index (χ3v) is 5.01. The average Bonchev–Trinajstić information content (AvgIpc) is 2.66. The monoisotopic (exact) mass is 470 g/mol. The molecule has 0 aromatic heterocycles. The van der Waals surface area contributed by atoms with Crippen LogP contribution in [0.1, 0.15) is 76.3 Å². The van der Waals surface area contributed by atoms with Crippen LogP contribution in [0.3, 0.4) is 0 Å². The molecule has 1 aromatic carbocycles. The average molecular weight is 471 g/mol. The maximum Gasteiger partial charge on any atom is 0.345 e. The van der Waals surface area contributed by atoms with Crippen LogP contribution >= 0.6 is 10.2 Å². The summed E-state index contributed by atoms with van der Waals surface area (Å²) in [5.74, 6) is 1.53. The number of unbranched alkanes of at least 4 members (excludes halogenated alkanes) is 7. The molecule has 0 aliphatic carbocycles. The summed E-state index contributed by atoms with van der Waals surface area (Å²) in [7, 11) is -9.68. The third-order valence-electron chi connectivity index (χ3n) is 4.53. The van der Waals surface area contributed by atoms with E-state index in [1.165, 1.54) is 43.7 Å². The van der Waals surface area contributed by atoms with Gasteiger partial charge in [0.25, 0.3) is 0 Å². The Hall–Kier alpha value is -1.30. The van der Waals surface area contributed by atoms with E-state index in [9.17, 15) is 19.4 Å². The fourth-order valence-corrected chi connectivity index (χ4v) is 3.26. The van der Waals surface area contributed by atoms with Crippen molar-refractivity contribution in [3.63, 3.8) is 0 Å². The van der Waals surface area contributed by atoms with Crippen molar-refractivity contribution in [1.82, 2.24) is 0 Å². The van der Waals surface area contributed by atoms with Gasteiger partial charge in [0, 0.05) is 12.2 Å². The van der Waals surface area contributed by atoms with Gasteiger partial charge in [0.2, 0.25) is 0 Å². The molecule has 0 radical (unpaired) electrons. The quantitative estimate of drug-likeness (QED) is 0.146. The van der Waals surface area contributed by atoms with Crippen LogP contribution in [0.15, 0.2) is 24.3 Å². The highest BCUT2D eigenvalue weighted by Gasteiger charge is 2.62. The first kappa shape index (κ1) is 27.7. The highest BCUT2D eigenvalue weighted by molar-refractivity contribution is 8.49. The second-order valence-corrected chi connectivity index (χ2v) is 10.1. The van der Waals surface area contributed by atoms with E-state index in [1.54, 1.807) is 12.1 Å². The van der Waals surface area contributed by atoms with E-state index < -0.39 is 10.2 Å². The normalized spacial score (nSPS) is 14.1. The molecule has 0 N–H and O–H groups in total. The predicted octanol–water partition coefficient (Wildman–Crippen LogP) is 8.40. The Kier molecular flexibility index (Phi) is 10.8. The summed E-state index contributed by atoms with van der Waals surface area (Å²) >= 11 is 0. The number of hydrogen-bond acceptors (Lipinski definition) is 2. The molecule has 1 aromatic rings. The summed E-state index contributed by atoms with van der Waals surface area (Å²) in [5, 5.41) is 0.232. The number of aryl methyl sites for hydroxylation is 1. The Labute approximate surface area is 183 Å². The second-order valence-electron chi connectivity index (χ2n) is 8.00. The molecule has 0 saturated carbocycles. The Morgan fingerprint density at radius 2 is 1.29 bits per heavy atom. The van der Waals surface area contributed by atoms with E-state index in [0.29, 0.717) is 13.2 Å². The number of rotatable bonds is 15. The summed E-state index contributed by atoms with van der Waals surface area (Å²) in [5.41, 5.74) is 0.906. The standard InChI is InChI=1S/C23H35F5O2S/c1-21(2)30-19-18-29-17-10-8-6-4-3-5-7-9-11-22-12-14-23(15-13-22)16-20-31(24,25,26,27)28/h12-15,21H,3-11,17-19H2,1-2H3. The van der Waals surface area contributed by atoms with E-state index in [4.69, 9.17) is 9.47 Å². The maximum absolute atomic E-state index is 12.2. The predicted molar refractivity (Wildman–Crippen MR) is 119 cm³/mol. The maximum atomic E-state index is 12.2. The van der Waals surface area contributed by atoms with Crippen LogP contribution in [0.4, 0.5) is 19.4 Å². The van der Waals surface area contributed by atoms with E-state index in [1.807, 2.05) is 13.8 Å². The van der Waals surface area contributed by atoms with Crippen LogP contribution in [-0.2, 0) is 15.9 Å². The summed E-state index contributed by atoms with van der Waals surface area (Å²) in [6.45, 7) is 6.09. The number of benzene rings is 1. The minimum absolute atomic E-state index is 0.0636. The summed E-state index contributed by atoms with van der Waals surface area (Å²) in [6.07, 6.45) is 10.1. The highest BCUT2D eigenvalue weighted by Crippen LogP contribution is 2.97. The minimum atomic E-state index is -9.68. The lowest BCUT2D eigenvalue weighted by atomic mass is 10.0. The smallest absolute Gasteiger partial charge is 0.345 e. The third kappa shape index (κ3) is 18.0. The number of halogens is 5. The van der Waals surface area contributed by atoms with Gasteiger partial charge in [0.15, 0.2) is 0 Å². The van der Waals surface area contributed by atoms with E-state index in [2.05, 4.69) is 0 Å². The Morgan fingerprint density at radius 3 is 1.84 bits per heavy atom. The van der Waals surface area contributed by atoms with E-state index in [-0.39, 0.29) is 16.9 Å². The van der Waals surface area contributed by atoms with Crippen molar-refractivity contribution in [2.75, 3.05) is 19.8 Å². The van der Waals surface area contributed by atoms with Crippen LogP contribution < -0.4 is 0 Å². The molecule has 31 heavy (non-hydrogen) atoms. The van der Waals surface area contributed by atoms with Crippen molar-refractivity contribution in [3.05, 3.63) is 35.4 Å². The van der Waals surface area contributed by atoms with Gasteiger partial charge in [-0.25, -0.2) is 0 Å². The lowest BCUT2D eigenvalue weighted by Gasteiger charge is -2.33. The van der Waals surface area contributed by atoms with Crippen LogP contribution in [0, 0.1) is 11.2 Å². The molecular weight excluding hydrogens is 435 g/mol. The van der Waals surface area contributed by atoms with Gasteiger partial charge in [0.1, 0.15) is 0 Å². The van der Waals surface area contributed by atoms with Crippen LogP contribution in [-0.4, -0.2) is 25.9 Å². The first-order chi connectivity index (χ1) is 14.3. The topological polar surface area (TPSA) is 18.5 Å². The fourth-order valence-electron chi connectivity index (χ4n) is 2.95. The molecule has 0 aliphatic rings. The van der Waals surface area contributed by atoms with Crippen molar-refractivity contribution in [2.45, 2.75) is 77.7 Å². The molecule has 0 amide bonds. The molecule has 0 spiro atoms. The summed E-state index contributed by atoms with van der Waals surface area (Å²) in [6, 6.07) is 6.00. The molecule has 0 fully saturated rings. The van der Waals surface area contributed by atoms with E-state index >= 15 is 0 Å². The first-order valence-corrected chi connectivity index (χ1v) is 12.9. The van der Waals surface area contributed by atoms with Crippen molar-refractivity contribution in [2.24, 2.45) is 0 Å². The molecule has 0 aliphatic heterocycles. The fraction of sp³-hybridized carbons (Fsp3) is 0.652. The van der Waals surface area contributed by atoms with E-state index in [0.717, 1.165) is 44.3 Å². The lowest BCUT2D eigenvalue weighted by Crippen LogP contribution is -2.10. The zero-order valence-electron chi connectivity index (χ0n) is 18.5. The molecule has 0 heterocycles. The molecule has 0 atom stereocenters. The van der Waals surface area contributed by atoms with Crippen molar-refractivity contribution >= 4 is 10.2 Å². The molecule has 0 unspecified atom stereocenters. The van der Waals surface area contributed by atoms with Gasteiger partial charge in [0.05, 0.1) is 24.6 Å². The molecule has 8 heteroatoms. The van der Waals surface area contributed by atoms with Crippen molar-refractivity contribution in [3.8, 4) is 11.2 Å². The van der Waals surface area contributed by atoms with Crippen molar-refractivity contribution < 1.29 is 28.9 Å². The van der Waals surface area contributed by atoms with Gasteiger partial charge >= 0.3 is 10.2 Å². The second kappa shape index (κ2) is 12.1. The van der Waals surface area contributed by atoms with Crippen LogP contribution in [0.5, 0.6) is 0 Å². The van der Waals surface area contributed by atoms with Gasteiger partial charge in [-0.15, -0.1) is 0 Å². The molecule has 0 saturated heterocycles. The minimum Gasteiger partial charge on any atom is -0.379 e. The van der Waals surface area contributed by atoms with Gasteiger partial charge in [-0.2, -0.15) is 0 Å². The molecular formula is C23H35F5O2S. The van der Waals surface area contributed by atoms with Gasteiger partial charge < -0.3 is 9.47 Å². The zero-order valence-corrected chi connectivity index (χ0v) is 19.3. The lowest BCUT2D eigenvalue weighted by molar-refractivity contribution is 0.0186. The Bertz CT molecular complexity index is 691. The largest absolute Gasteiger partial charge is 0.379 e. The van der Waals surface area contributed by atoms with Gasteiger partial charge in [-0.3, -0.25) is 0 Å². The van der Waals surface area contributed by atoms with Crippen LogP contribution in [0.25, 0.3) is 0 Å². The van der Waals surface area contributed by atoms with Gasteiger partial charge in [-0.05, 0) is 56.7 Å². The number of hydrogen-bond donors (Lipinski definition) is 0. The van der Waals surface area contributed by atoms with Crippen LogP contribution in [0.2, 0.25) is 0 Å². The Balaban J connectivity index is 2.03. The molecule has 1 rings (SSSR count). The SMILES string of the molecule is CC(C)OCCOCCCCCCCCCCc1ccc(C#CS(F)(F)(F)(F)F)cc1. The Morgan fingerprint density at radius 1 is 0.742 bits per heavy atom. The van der Waals surface area contributed by atoms with Crippen molar-refractivity contribution in [1.29, 1.82) is 0 Å². The molecule has 180 valence electrons. The zero-order chi connectivity index (χ0) is 23.3. The number of ether oxygens (including phenoxy) is 2. The van der Waals surface area contributed by atoms with Gasteiger partial charge in [-0.1, -0.05) is 70.1 Å². The highest BCUT2D eigenvalue weighted by atomic mass is 32.5. The first-order valence-electron chi connectivity index (χ1n) is 10.9. The molecule has 2 nitrogen and oxygen atoms in total. The summed E-state index contributed by atoms with van der Waals surface area (Å²) in [4.78, 5) is 0. The molecule has 0 bridgehead atoms. The summed E-state index contributed by atoms with van der Waals surface area (Å²) < 4.78 is 72.1.